The van der Waals surface area contributed by atoms with Crippen molar-refractivity contribution in [2.75, 3.05) is 6.54 Å². The zero-order chi connectivity index (χ0) is 21.2. The summed E-state index contributed by atoms with van der Waals surface area (Å²) in [6, 6.07) is 6.21. The summed E-state index contributed by atoms with van der Waals surface area (Å²) < 4.78 is 38.9. The number of carbonyl (C=O) groups is 1. The van der Waals surface area contributed by atoms with Crippen LogP contribution in [-0.2, 0) is 11.3 Å². The molecular weight excluding hydrogens is 402 g/mol. The second kappa shape index (κ2) is 8.37. The summed E-state index contributed by atoms with van der Waals surface area (Å²) in [7, 11) is 0. The van der Waals surface area contributed by atoms with Gasteiger partial charge in [0, 0.05) is 11.6 Å². The van der Waals surface area contributed by atoms with Gasteiger partial charge in [-0.3, -0.25) is 4.90 Å². The van der Waals surface area contributed by atoms with E-state index in [2.05, 4.69) is 4.98 Å². The molecule has 2 heterocycles. The predicted octanol–water partition coefficient (Wildman–Crippen LogP) is 5.44. The van der Waals surface area contributed by atoms with E-state index in [4.69, 9.17) is 21.1 Å². The van der Waals surface area contributed by atoms with Gasteiger partial charge >= 0.3 is 6.09 Å². The van der Waals surface area contributed by atoms with Crippen molar-refractivity contribution in [1.29, 1.82) is 0 Å². The molecule has 1 unspecified atom stereocenters. The Kier molecular flexibility index (Phi) is 6.07. The monoisotopic (exact) mass is 422 g/mol. The Hall–Kier alpha value is -2.67. The Morgan fingerprint density at radius 1 is 1.24 bits per heavy atom. The molecule has 1 aliphatic rings. The molecule has 5 nitrogen and oxygen atoms in total. The highest BCUT2D eigenvalue weighted by Crippen LogP contribution is 2.28. The van der Waals surface area contributed by atoms with Gasteiger partial charge in [0.25, 0.3) is 0 Å². The molecular formula is C21H21ClF2N2O3. The molecule has 154 valence electrons. The fourth-order valence-corrected chi connectivity index (χ4v) is 2.95. The molecule has 0 bridgehead atoms. The Labute approximate surface area is 172 Å². The van der Waals surface area contributed by atoms with Crippen LogP contribution in [0.3, 0.4) is 0 Å². The molecule has 1 aliphatic heterocycles. The standard InChI is InChI=1S/C21H21ClF2N2O3/c1-21(2,3)29-20(27)26-10-4-5-18(26)16-8-7-14(23)17(25-16)12-28-19-9-6-13(22)11-15(19)24/h4-9,11,18H,10,12H2,1-3H3. The Morgan fingerprint density at radius 3 is 2.69 bits per heavy atom. The number of pyridine rings is 1. The fourth-order valence-electron chi connectivity index (χ4n) is 2.79. The smallest absolute Gasteiger partial charge is 0.411 e. The Morgan fingerprint density at radius 2 is 2.00 bits per heavy atom. The average molecular weight is 423 g/mol. The van der Waals surface area contributed by atoms with E-state index in [1.807, 2.05) is 6.08 Å². The molecule has 0 saturated heterocycles. The van der Waals surface area contributed by atoms with Crippen LogP contribution in [0.5, 0.6) is 5.75 Å². The zero-order valence-electron chi connectivity index (χ0n) is 16.3. The van der Waals surface area contributed by atoms with E-state index in [-0.39, 0.29) is 23.1 Å². The lowest BCUT2D eigenvalue weighted by Gasteiger charge is -2.28. The molecule has 0 fully saturated rings. The van der Waals surface area contributed by atoms with Crippen molar-refractivity contribution in [3.63, 3.8) is 0 Å². The van der Waals surface area contributed by atoms with E-state index in [1.54, 1.807) is 26.8 Å². The number of amides is 1. The molecule has 0 N–H and O–H groups in total. The van der Waals surface area contributed by atoms with Crippen LogP contribution in [0.4, 0.5) is 13.6 Å². The van der Waals surface area contributed by atoms with Crippen molar-refractivity contribution in [2.24, 2.45) is 0 Å². The van der Waals surface area contributed by atoms with Gasteiger partial charge in [-0.1, -0.05) is 23.8 Å². The number of nitrogens with zero attached hydrogens (tertiary/aromatic N) is 2. The third-order valence-electron chi connectivity index (χ3n) is 4.09. The lowest BCUT2D eigenvalue weighted by atomic mass is 10.1. The molecule has 1 aromatic heterocycles. The van der Waals surface area contributed by atoms with E-state index in [0.29, 0.717) is 12.2 Å². The number of rotatable bonds is 4. The summed E-state index contributed by atoms with van der Waals surface area (Å²) in [5.41, 5.74) is -0.176. The minimum Gasteiger partial charge on any atom is -0.484 e. The molecule has 0 radical (unpaired) electrons. The van der Waals surface area contributed by atoms with Crippen molar-refractivity contribution in [3.8, 4) is 5.75 Å². The van der Waals surface area contributed by atoms with Gasteiger partial charge in [0.15, 0.2) is 11.6 Å². The largest absolute Gasteiger partial charge is 0.484 e. The molecule has 0 aliphatic carbocycles. The number of hydrogen-bond donors (Lipinski definition) is 0. The van der Waals surface area contributed by atoms with Crippen LogP contribution >= 0.6 is 11.6 Å². The van der Waals surface area contributed by atoms with Crippen molar-refractivity contribution >= 4 is 17.7 Å². The highest BCUT2D eigenvalue weighted by molar-refractivity contribution is 6.30. The number of ether oxygens (including phenoxy) is 2. The molecule has 3 rings (SSSR count). The van der Waals surface area contributed by atoms with Crippen LogP contribution < -0.4 is 4.74 Å². The molecule has 0 saturated carbocycles. The Bertz CT molecular complexity index is 944. The fraction of sp³-hybridized carbons (Fsp3) is 0.333. The summed E-state index contributed by atoms with van der Waals surface area (Å²) in [5.74, 6) is -1.30. The van der Waals surface area contributed by atoms with Crippen LogP contribution in [0.25, 0.3) is 0 Å². The number of aromatic nitrogens is 1. The van der Waals surface area contributed by atoms with Gasteiger partial charge in [0.1, 0.15) is 23.7 Å². The molecule has 0 spiro atoms. The van der Waals surface area contributed by atoms with Crippen LogP contribution in [-0.4, -0.2) is 28.1 Å². The first-order chi connectivity index (χ1) is 13.6. The summed E-state index contributed by atoms with van der Waals surface area (Å²) in [6.45, 7) is 5.43. The van der Waals surface area contributed by atoms with Crippen LogP contribution in [0.1, 0.15) is 38.2 Å². The first-order valence-corrected chi connectivity index (χ1v) is 9.41. The second-order valence-electron chi connectivity index (χ2n) is 7.53. The minimum absolute atomic E-state index is 0.00119. The first-order valence-electron chi connectivity index (χ1n) is 9.03. The van der Waals surface area contributed by atoms with Crippen LogP contribution in [0.15, 0.2) is 42.5 Å². The third kappa shape index (κ3) is 5.23. The van der Waals surface area contributed by atoms with E-state index in [1.165, 1.54) is 29.2 Å². The van der Waals surface area contributed by atoms with Gasteiger partial charge in [0.05, 0.1) is 11.7 Å². The number of halogens is 3. The number of carbonyl (C=O) groups excluding carboxylic acids is 1. The Balaban J connectivity index is 1.77. The predicted molar refractivity (Wildman–Crippen MR) is 105 cm³/mol. The maximum Gasteiger partial charge on any atom is 0.411 e. The minimum atomic E-state index is -0.649. The number of benzene rings is 1. The van der Waals surface area contributed by atoms with E-state index in [0.717, 1.165) is 6.07 Å². The van der Waals surface area contributed by atoms with Gasteiger partial charge in [-0.2, -0.15) is 0 Å². The van der Waals surface area contributed by atoms with Crippen molar-refractivity contribution < 1.29 is 23.0 Å². The highest BCUT2D eigenvalue weighted by atomic mass is 35.5. The average Bonchev–Trinajstić information content (AvgIpc) is 3.11. The van der Waals surface area contributed by atoms with Crippen LogP contribution in [0.2, 0.25) is 5.02 Å². The van der Waals surface area contributed by atoms with Crippen molar-refractivity contribution in [3.05, 3.63) is 70.5 Å². The molecule has 2 aromatic rings. The van der Waals surface area contributed by atoms with Crippen molar-refractivity contribution in [2.45, 2.75) is 39.0 Å². The molecule has 1 atom stereocenters. The van der Waals surface area contributed by atoms with Gasteiger partial charge in [-0.05, 0) is 51.1 Å². The van der Waals surface area contributed by atoms with Gasteiger partial charge in [-0.25, -0.2) is 18.6 Å². The van der Waals surface area contributed by atoms with Crippen molar-refractivity contribution in [1.82, 2.24) is 9.88 Å². The molecule has 8 heteroatoms. The van der Waals surface area contributed by atoms with E-state index < -0.39 is 29.4 Å². The van der Waals surface area contributed by atoms with Gasteiger partial charge in [-0.15, -0.1) is 0 Å². The first kappa shape index (κ1) is 21.0. The lowest BCUT2D eigenvalue weighted by molar-refractivity contribution is 0.0237. The van der Waals surface area contributed by atoms with E-state index in [9.17, 15) is 13.6 Å². The van der Waals surface area contributed by atoms with Crippen LogP contribution in [0, 0.1) is 11.6 Å². The third-order valence-corrected chi connectivity index (χ3v) is 4.32. The molecule has 1 amide bonds. The summed E-state index contributed by atoms with van der Waals surface area (Å²) in [6.07, 6.45) is 3.13. The highest BCUT2D eigenvalue weighted by Gasteiger charge is 2.31. The van der Waals surface area contributed by atoms with Gasteiger partial charge in [0.2, 0.25) is 0 Å². The summed E-state index contributed by atoms with van der Waals surface area (Å²) >= 11 is 5.72. The molecule has 29 heavy (non-hydrogen) atoms. The normalized spacial score (nSPS) is 16.2. The maximum atomic E-state index is 14.2. The zero-order valence-corrected chi connectivity index (χ0v) is 17.0. The lowest BCUT2D eigenvalue weighted by Crippen LogP contribution is -2.37. The summed E-state index contributed by atoms with van der Waals surface area (Å²) in [4.78, 5) is 18.2. The topological polar surface area (TPSA) is 51.7 Å². The van der Waals surface area contributed by atoms with E-state index >= 15 is 0 Å². The van der Waals surface area contributed by atoms with Gasteiger partial charge < -0.3 is 9.47 Å². The number of hydrogen-bond acceptors (Lipinski definition) is 4. The quantitative estimate of drug-likeness (QED) is 0.615. The SMILES string of the molecule is CC(C)(C)OC(=O)N1CC=CC1c1ccc(F)c(COc2ccc(Cl)cc2F)n1. The summed E-state index contributed by atoms with van der Waals surface area (Å²) in [5, 5.41) is 0.233. The second-order valence-corrected chi connectivity index (χ2v) is 7.97. The molecule has 1 aromatic carbocycles. The maximum absolute atomic E-state index is 14.2.